The summed E-state index contributed by atoms with van der Waals surface area (Å²) in [6.45, 7) is 9.06. The van der Waals surface area contributed by atoms with E-state index in [-0.39, 0.29) is 23.4 Å². The number of rotatable bonds is 6. The second kappa shape index (κ2) is 8.99. The largest absolute Gasteiger partial charge is 0.356 e. The van der Waals surface area contributed by atoms with Gasteiger partial charge in [0.1, 0.15) is 0 Å². The van der Waals surface area contributed by atoms with Crippen LogP contribution in [-0.4, -0.2) is 54.5 Å². The number of nitrogens with two attached hydrogens (primary N) is 1. The highest BCUT2D eigenvalue weighted by Crippen LogP contribution is 2.26. The number of piperidine rings is 1. The molecule has 144 valence electrons. The Morgan fingerprint density at radius 1 is 1.08 bits per heavy atom. The Balaban J connectivity index is 1.60. The van der Waals surface area contributed by atoms with Crippen LogP contribution in [0.1, 0.15) is 59.3 Å². The molecule has 1 saturated heterocycles. The van der Waals surface area contributed by atoms with Crippen LogP contribution in [0.25, 0.3) is 0 Å². The highest BCUT2D eigenvalue weighted by molar-refractivity contribution is 5.78. The molecule has 6 heteroatoms. The highest BCUT2D eigenvalue weighted by atomic mass is 16.2. The zero-order chi connectivity index (χ0) is 18.4. The Bertz CT molecular complexity index is 453. The van der Waals surface area contributed by atoms with Crippen molar-refractivity contribution in [3.63, 3.8) is 0 Å². The number of carbonyl (C=O) groups excluding carboxylic acids is 2. The summed E-state index contributed by atoms with van der Waals surface area (Å²) >= 11 is 0. The zero-order valence-corrected chi connectivity index (χ0v) is 16.1. The van der Waals surface area contributed by atoms with Gasteiger partial charge < -0.3 is 16.4 Å². The highest BCUT2D eigenvalue weighted by Gasteiger charge is 2.27. The monoisotopic (exact) mass is 352 g/mol. The van der Waals surface area contributed by atoms with Gasteiger partial charge in [-0.3, -0.25) is 14.5 Å². The fraction of sp³-hybridized carbons (Fsp3) is 0.895. The number of carbonyl (C=O) groups is 2. The Morgan fingerprint density at radius 2 is 1.76 bits per heavy atom. The molecule has 0 aromatic rings. The molecular formula is C19H36N4O2. The minimum Gasteiger partial charge on any atom is -0.356 e. The molecule has 0 aromatic heterocycles. The van der Waals surface area contributed by atoms with Crippen LogP contribution in [-0.2, 0) is 9.59 Å². The van der Waals surface area contributed by atoms with Crippen LogP contribution in [0.5, 0.6) is 0 Å². The number of amides is 2. The van der Waals surface area contributed by atoms with Crippen LogP contribution in [0.15, 0.2) is 0 Å². The molecule has 0 bridgehead atoms. The summed E-state index contributed by atoms with van der Waals surface area (Å²) in [5, 5.41) is 6.10. The maximum absolute atomic E-state index is 12.1. The molecular weight excluding hydrogens is 316 g/mol. The van der Waals surface area contributed by atoms with E-state index >= 15 is 0 Å². The van der Waals surface area contributed by atoms with Gasteiger partial charge in [-0.05, 0) is 71.4 Å². The minimum atomic E-state index is -0.179. The molecule has 1 saturated carbocycles. The van der Waals surface area contributed by atoms with Crippen LogP contribution < -0.4 is 16.4 Å². The molecule has 2 rings (SSSR count). The summed E-state index contributed by atoms with van der Waals surface area (Å²) in [6.07, 6.45) is 5.94. The summed E-state index contributed by atoms with van der Waals surface area (Å²) in [4.78, 5) is 26.3. The molecule has 0 unspecified atom stereocenters. The van der Waals surface area contributed by atoms with Crippen molar-refractivity contribution in [3.8, 4) is 0 Å². The van der Waals surface area contributed by atoms with Crippen LogP contribution in [0, 0.1) is 11.8 Å². The van der Waals surface area contributed by atoms with Gasteiger partial charge >= 0.3 is 0 Å². The SMILES string of the molecule is CC(C)(C)NC(=O)CN1CCC(CNC(=O)C[C@@H]2CCC[C@H]2N)CC1. The Kier molecular flexibility index (Phi) is 7.25. The van der Waals surface area contributed by atoms with E-state index in [1.165, 1.54) is 0 Å². The van der Waals surface area contributed by atoms with Gasteiger partial charge in [0.05, 0.1) is 6.54 Å². The molecule has 25 heavy (non-hydrogen) atoms. The molecule has 2 fully saturated rings. The van der Waals surface area contributed by atoms with Crippen molar-refractivity contribution < 1.29 is 9.59 Å². The molecule has 2 amide bonds. The minimum absolute atomic E-state index is 0.0900. The van der Waals surface area contributed by atoms with Crippen LogP contribution in [0.3, 0.4) is 0 Å². The van der Waals surface area contributed by atoms with Crippen molar-refractivity contribution in [2.45, 2.75) is 70.9 Å². The third kappa shape index (κ3) is 7.32. The van der Waals surface area contributed by atoms with E-state index in [0.29, 0.717) is 24.8 Å². The summed E-state index contributed by atoms with van der Waals surface area (Å²) in [5.74, 6) is 1.12. The molecule has 2 atom stereocenters. The lowest BCUT2D eigenvalue weighted by Crippen LogP contribution is -2.48. The second-order valence-electron chi connectivity index (χ2n) is 8.88. The van der Waals surface area contributed by atoms with Crippen molar-refractivity contribution in [3.05, 3.63) is 0 Å². The molecule has 1 heterocycles. The van der Waals surface area contributed by atoms with Crippen molar-refractivity contribution in [2.75, 3.05) is 26.2 Å². The third-order valence-corrected chi connectivity index (χ3v) is 5.34. The predicted octanol–water partition coefficient (Wildman–Crippen LogP) is 1.25. The number of hydrogen-bond acceptors (Lipinski definition) is 4. The zero-order valence-electron chi connectivity index (χ0n) is 16.1. The summed E-state index contributed by atoms with van der Waals surface area (Å²) in [6, 6.07) is 0.202. The van der Waals surface area contributed by atoms with E-state index in [4.69, 9.17) is 5.73 Å². The third-order valence-electron chi connectivity index (χ3n) is 5.34. The van der Waals surface area contributed by atoms with Crippen LogP contribution in [0.4, 0.5) is 0 Å². The van der Waals surface area contributed by atoms with E-state index in [1.54, 1.807) is 0 Å². The quantitative estimate of drug-likeness (QED) is 0.671. The fourth-order valence-corrected chi connectivity index (χ4v) is 3.90. The van der Waals surface area contributed by atoms with Gasteiger partial charge in [-0.2, -0.15) is 0 Å². The maximum Gasteiger partial charge on any atom is 0.234 e. The number of likely N-dealkylation sites (tertiary alicyclic amines) is 1. The lowest BCUT2D eigenvalue weighted by molar-refractivity contribution is -0.124. The summed E-state index contributed by atoms with van der Waals surface area (Å²) in [7, 11) is 0. The average molecular weight is 353 g/mol. The van der Waals surface area contributed by atoms with Gasteiger partial charge in [0, 0.05) is 24.5 Å². The smallest absolute Gasteiger partial charge is 0.234 e. The first kappa shape index (κ1) is 20.2. The topological polar surface area (TPSA) is 87.5 Å². The number of nitrogens with one attached hydrogen (secondary N) is 2. The standard InChI is InChI=1S/C19H36N4O2/c1-19(2,3)22-18(25)13-23-9-7-14(8-10-23)12-21-17(24)11-15-5-4-6-16(15)20/h14-16H,4-13,20H2,1-3H3,(H,21,24)(H,22,25)/t15-,16+/m0/s1. The van der Waals surface area contributed by atoms with E-state index in [2.05, 4.69) is 15.5 Å². The molecule has 0 aromatic carbocycles. The van der Waals surface area contributed by atoms with E-state index in [0.717, 1.165) is 51.7 Å². The first-order valence-corrected chi connectivity index (χ1v) is 9.78. The van der Waals surface area contributed by atoms with Gasteiger partial charge in [0.2, 0.25) is 11.8 Å². The molecule has 6 nitrogen and oxygen atoms in total. The van der Waals surface area contributed by atoms with E-state index in [1.807, 2.05) is 20.8 Å². The Hall–Kier alpha value is -1.14. The first-order valence-electron chi connectivity index (χ1n) is 9.78. The molecule has 2 aliphatic rings. The molecule has 0 radical (unpaired) electrons. The lowest BCUT2D eigenvalue weighted by Gasteiger charge is -2.32. The first-order chi connectivity index (χ1) is 11.7. The number of hydrogen-bond donors (Lipinski definition) is 3. The predicted molar refractivity (Wildman–Crippen MR) is 100 cm³/mol. The lowest BCUT2D eigenvalue weighted by atomic mass is 9.96. The van der Waals surface area contributed by atoms with Crippen molar-refractivity contribution in [1.82, 2.24) is 15.5 Å². The number of nitrogens with zero attached hydrogens (tertiary/aromatic N) is 1. The van der Waals surface area contributed by atoms with Gasteiger partial charge in [-0.1, -0.05) is 6.42 Å². The van der Waals surface area contributed by atoms with Gasteiger partial charge in [0.15, 0.2) is 0 Å². The molecule has 0 spiro atoms. The van der Waals surface area contributed by atoms with Gasteiger partial charge in [0.25, 0.3) is 0 Å². The van der Waals surface area contributed by atoms with Crippen LogP contribution in [0.2, 0.25) is 0 Å². The van der Waals surface area contributed by atoms with E-state index < -0.39 is 0 Å². The normalized spacial score (nSPS) is 25.8. The molecule has 1 aliphatic carbocycles. The Morgan fingerprint density at radius 3 is 2.32 bits per heavy atom. The second-order valence-corrected chi connectivity index (χ2v) is 8.88. The fourth-order valence-electron chi connectivity index (χ4n) is 3.90. The molecule has 1 aliphatic heterocycles. The van der Waals surface area contributed by atoms with Crippen LogP contribution >= 0.6 is 0 Å². The Labute approximate surface area is 152 Å². The van der Waals surface area contributed by atoms with Crippen molar-refractivity contribution in [1.29, 1.82) is 0 Å². The summed E-state index contributed by atoms with van der Waals surface area (Å²) in [5.41, 5.74) is 5.86. The molecule has 4 N–H and O–H groups in total. The van der Waals surface area contributed by atoms with Crippen molar-refractivity contribution in [2.24, 2.45) is 17.6 Å². The van der Waals surface area contributed by atoms with E-state index in [9.17, 15) is 9.59 Å². The van der Waals surface area contributed by atoms with Gasteiger partial charge in [-0.25, -0.2) is 0 Å². The summed E-state index contributed by atoms with van der Waals surface area (Å²) < 4.78 is 0. The van der Waals surface area contributed by atoms with Crippen molar-refractivity contribution >= 4 is 11.8 Å². The van der Waals surface area contributed by atoms with Gasteiger partial charge in [-0.15, -0.1) is 0 Å². The maximum atomic E-state index is 12.1. The average Bonchev–Trinajstić information content (AvgIpc) is 2.90.